The molecule has 3 nitrogen and oxygen atoms in total. The van der Waals surface area contributed by atoms with Crippen LogP contribution in [0.2, 0.25) is 0 Å². The fourth-order valence-electron chi connectivity index (χ4n) is 1.55. The van der Waals surface area contributed by atoms with Crippen molar-refractivity contribution in [2.24, 2.45) is 0 Å². The molecule has 0 N–H and O–H groups in total. The van der Waals surface area contributed by atoms with E-state index in [0.29, 0.717) is 19.8 Å². The molecule has 0 spiro atoms. The summed E-state index contributed by atoms with van der Waals surface area (Å²) in [5.41, 5.74) is 1.09. The third-order valence-corrected chi connectivity index (χ3v) is 2.43. The van der Waals surface area contributed by atoms with Gasteiger partial charge in [0, 0.05) is 6.42 Å². The van der Waals surface area contributed by atoms with Crippen LogP contribution in [0.1, 0.15) is 12.0 Å². The van der Waals surface area contributed by atoms with Crippen LogP contribution in [0, 0.1) is 0 Å². The molecule has 1 aromatic rings. The minimum Gasteiger partial charge on any atom is -0.493 e. The Morgan fingerprint density at radius 2 is 1.94 bits per heavy atom. The molecule has 0 bridgehead atoms. The normalized spacial score (nSPS) is 16.2. The fraction of sp³-hybridized carbons (Fsp3) is 0.385. The van der Waals surface area contributed by atoms with Gasteiger partial charge < -0.3 is 14.2 Å². The number of benzene rings is 1. The lowest BCUT2D eigenvalue weighted by Crippen LogP contribution is -2.12. The summed E-state index contributed by atoms with van der Waals surface area (Å²) in [6.45, 7) is 5.70. The zero-order chi connectivity index (χ0) is 11.2. The highest BCUT2D eigenvalue weighted by atomic mass is 16.7. The van der Waals surface area contributed by atoms with Crippen LogP contribution in [-0.4, -0.2) is 26.1 Å². The van der Waals surface area contributed by atoms with E-state index >= 15 is 0 Å². The van der Waals surface area contributed by atoms with Gasteiger partial charge >= 0.3 is 0 Å². The highest BCUT2D eigenvalue weighted by molar-refractivity contribution is 5.48. The maximum absolute atomic E-state index is 5.57. The lowest BCUT2D eigenvalue weighted by atomic mass is 10.2. The molecule has 16 heavy (non-hydrogen) atoms. The van der Waals surface area contributed by atoms with Gasteiger partial charge in [-0.2, -0.15) is 0 Å². The van der Waals surface area contributed by atoms with Crippen LogP contribution in [-0.2, 0) is 9.47 Å². The number of ether oxygens (including phenoxy) is 3. The van der Waals surface area contributed by atoms with E-state index in [1.807, 2.05) is 30.3 Å². The monoisotopic (exact) mass is 220 g/mol. The SMILES string of the molecule is C=Cc1ccc(OCCC2OCCO2)cc1. The highest BCUT2D eigenvalue weighted by Crippen LogP contribution is 2.14. The highest BCUT2D eigenvalue weighted by Gasteiger charge is 2.15. The molecule has 1 fully saturated rings. The largest absolute Gasteiger partial charge is 0.493 e. The van der Waals surface area contributed by atoms with E-state index in [1.165, 1.54) is 0 Å². The molecule has 1 saturated heterocycles. The summed E-state index contributed by atoms with van der Waals surface area (Å²) in [7, 11) is 0. The Bertz CT molecular complexity index is 326. The zero-order valence-electron chi connectivity index (χ0n) is 9.22. The standard InChI is InChI=1S/C13H16O3/c1-2-11-3-5-12(6-4-11)14-8-7-13-15-9-10-16-13/h2-6,13H,1,7-10H2. The van der Waals surface area contributed by atoms with Crippen molar-refractivity contribution >= 4 is 6.08 Å². The van der Waals surface area contributed by atoms with E-state index in [2.05, 4.69) is 6.58 Å². The van der Waals surface area contributed by atoms with Crippen LogP contribution >= 0.6 is 0 Å². The lowest BCUT2D eigenvalue weighted by molar-refractivity contribution is -0.0531. The molecule has 1 aromatic carbocycles. The Balaban J connectivity index is 1.73. The van der Waals surface area contributed by atoms with Gasteiger partial charge in [-0.15, -0.1) is 0 Å². The third-order valence-electron chi connectivity index (χ3n) is 2.43. The second-order valence-electron chi connectivity index (χ2n) is 3.58. The van der Waals surface area contributed by atoms with Crippen molar-refractivity contribution in [3.05, 3.63) is 36.4 Å². The average molecular weight is 220 g/mol. The van der Waals surface area contributed by atoms with Gasteiger partial charge in [0.15, 0.2) is 6.29 Å². The lowest BCUT2D eigenvalue weighted by Gasteiger charge is -2.10. The van der Waals surface area contributed by atoms with Crippen molar-refractivity contribution in [2.45, 2.75) is 12.7 Å². The van der Waals surface area contributed by atoms with Crippen molar-refractivity contribution in [1.82, 2.24) is 0 Å². The molecule has 0 unspecified atom stereocenters. The number of rotatable bonds is 5. The average Bonchev–Trinajstić information content (AvgIpc) is 2.83. The Hall–Kier alpha value is -1.32. The maximum Gasteiger partial charge on any atom is 0.161 e. The Kier molecular flexibility index (Phi) is 3.97. The van der Waals surface area contributed by atoms with E-state index in [-0.39, 0.29) is 6.29 Å². The minimum atomic E-state index is -0.0903. The van der Waals surface area contributed by atoms with Gasteiger partial charge in [-0.25, -0.2) is 0 Å². The van der Waals surface area contributed by atoms with Gasteiger partial charge in [0.05, 0.1) is 19.8 Å². The van der Waals surface area contributed by atoms with Crippen molar-refractivity contribution in [3.8, 4) is 5.75 Å². The van der Waals surface area contributed by atoms with E-state index in [0.717, 1.165) is 17.7 Å². The van der Waals surface area contributed by atoms with Crippen LogP contribution in [0.25, 0.3) is 6.08 Å². The smallest absolute Gasteiger partial charge is 0.161 e. The van der Waals surface area contributed by atoms with Crippen molar-refractivity contribution in [3.63, 3.8) is 0 Å². The van der Waals surface area contributed by atoms with Gasteiger partial charge in [-0.3, -0.25) is 0 Å². The van der Waals surface area contributed by atoms with E-state index in [1.54, 1.807) is 0 Å². The summed E-state index contributed by atoms with van der Waals surface area (Å²) in [6, 6.07) is 7.83. The first-order valence-corrected chi connectivity index (χ1v) is 5.47. The van der Waals surface area contributed by atoms with Crippen LogP contribution in [0.5, 0.6) is 5.75 Å². The van der Waals surface area contributed by atoms with Gasteiger partial charge in [-0.05, 0) is 17.7 Å². The Morgan fingerprint density at radius 1 is 1.25 bits per heavy atom. The summed E-state index contributed by atoms with van der Waals surface area (Å²) in [5, 5.41) is 0. The molecule has 0 saturated carbocycles. The second-order valence-corrected chi connectivity index (χ2v) is 3.58. The first-order chi connectivity index (χ1) is 7.88. The van der Waals surface area contributed by atoms with E-state index in [9.17, 15) is 0 Å². The molecule has 0 amide bonds. The molecule has 86 valence electrons. The predicted octanol–water partition coefficient (Wildman–Crippen LogP) is 2.47. The van der Waals surface area contributed by atoms with Crippen molar-refractivity contribution < 1.29 is 14.2 Å². The molecule has 1 aliphatic rings. The first kappa shape index (κ1) is 11.2. The second kappa shape index (κ2) is 5.68. The Labute approximate surface area is 95.6 Å². The van der Waals surface area contributed by atoms with E-state index < -0.39 is 0 Å². The summed E-state index contributed by atoms with van der Waals surface area (Å²) in [4.78, 5) is 0. The summed E-state index contributed by atoms with van der Waals surface area (Å²) in [6.07, 6.45) is 2.49. The molecule has 0 atom stereocenters. The van der Waals surface area contributed by atoms with Crippen LogP contribution in [0.4, 0.5) is 0 Å². The number of hydrogen-bond acceptors (Lipinski definition) is 3. The predicted molar refractivity (Wildman–Crippen MR) is 62.3 cm³/mol. The van der Waals surface area contributed by atoms with Gasteiger partial charge in [0.25, 0.3) is 0 Å². The molecule has 1 aliphatic heterocycles. The molecule has 3 heteroatoms. The van der Waals surface area contributed by atoms with Crippen LogP contribution in [0.3, 0.4) is 0 Å². The topological polar surface area (TPSA) is 27.7 Å². The maximum atomic E-state index is 5.57. The van der Waals surface area contributed by atoms with Crippen LogP contribution < -0.4 is 4.74 Å². The van der Waals surface area contributed by atoms with Crippen molar-refractivity contribution in [2.75, 3.05) is 19.8 Å². The Morgan fingerprint density at radius 3 is 2.56 bits per heavy atom. The third kappa shape index (κ3) is 3.08. The molecule has 0 radical (unpaired) electrons. The minimum absolute atomic E-state index is 0.0903. The molecular formula is C13H16O3. The fourth-order valence-corrected chi connectivity index (χ4v) is 1.55. The zero-order valence-corrected chi connectivity index (χ0v) is 9.22. The number of hydrogen-bond donors (Lipinski definition) is 0. The summed E-state index contributed by atoms with van der Waals surface area (Å²) in [5.74, 6) is 0.864. The molecule has 0 aliphatic carbocycles. The van der Waals surface area contributed by atoms with Crippen LogP contribution in [0.15, 0.2) is 30.8 Å². The van der Waals surface area contributed by atoms with Gasteiger partial charge in [0.1, 0.15) is 5.75 Å². The molecular weight excluding hydrogens is 204 g/mol. The summed E-state index contributed by atoms with van der Waals surface area (Å²) < 4.78 is 16.2. The van der Waals surface area contributed by atoms with Gasteiger partial charge in [0.2, 0.25) is 0 Å². The first-order valence-electron chi connectivity index (χ1n) is 5.47. The quantitative estimate of drug-likeness (QED) is 0.763. The molecule has 2 rings (SSSR count). The summed E-state index contributed by atoms with van der Waals surface area (Å²) >= 11 is 0. The molecule has 0 aromatic heterocycles. The van der Waals surface area contributed by atoms with Crippen molar-refractivity contribution in [1.29, 1.82) is 0 Å². The van der Waals surface area contributed by atoms with E-state index in [4.69, 9.17) is 14.2 Å². The molecule has 1 heterocycles. The van der Waals surface area contributed by atoms with Gasteiger partial charge in [-0.1, -0.05) is 24.8 Å².